The Morgan fingerprint density at radius 2 is 1.74 bits per heavy atom. The molecule has 0 unspecified atom stereocenters. The molecule has 4 nitrogen and oxygen atoms in total. The van der Waals surface area contributed by atoms with Crippen LogP contribution in [-0.2, 0) is 13.6 Å². The summed E-state index contributed by atoms with van der Waals surface area (Å²) in [6.07, 6.45) is 3.85. The van der Waals surface area contributed by atoms with E-state index in [2.05, 4.69) is 26.3 Å². The van der Waals surface area contributed by atoms with Gasteiger partial charge in [0.05, 0.1) is 6.54 Å². The van der Waals surface area contributed by atoms with E-state index in [1.807, 2.05) is 31.6 Å². The molecule has 0 amide bonds. The minimum Gasteiger partial charge on any atom is -0.337 e. The Kier molecular flexibility index (Phi) is 5.08. The fourth-order valence-electron chi connectivity index (χ4n) is 3.16. The Hall–Kier alpha value is -1.72. The smallest absolute Gasteiger partial charge is 0.123 e. The minimum absolute atomic E-state index is 0.163. The lowest BCUT2D eigenvalue weighted by molar-refractivity contribution is 0.120. The largest absolute Gasteiger partial charge is 0.337 e. The first-order chi connectivity index (χ1) is 11.1. The molecule has 0 aliphatic carbocycles. The van der Waals surface area contributed by atoms with Crippen LogP contribution < -0.4 is 0 Å². The maximum absolute atomic E-state index is 13.0. The van der Waals surface area contributed by atoms with Gasteiger partial charge in [0.2, 0.25) is 0 Å². The van der Waals surface area contributed by atoms with Crippen LogP contribution >= 0.6 is 0 Å². The maximum atomic E-state index is 13.0. The lowest BCUT2D eigenvalue weighted by Gasteiger charge is -2.35. The Labute approximate surface area is 137 Å². The van der Waals surface area contributed by atoms with Gasteiger partial charge in [0, 0.05) is 52.2 Å². The SMILES string of the molecule is C[C@H](CN1CCN(Cc2nccn2C)CC1)c1ccc(F)cc1. The number of hydrogen-bond acceptors (Lipinski definition) is 3. The van der Waals surface area contributed by atoms with E-state index >= 15 is 0 Å². The first-order valence-electron chi connectivity index (χ1n) is 8.28. The summed E-state index contributed by atoms with van der Waals surface area (Å²) < 4.78 is 15.1. The van der Waals surface area contributed by atoms with Gasteiger partial charge in [0.1, 0.15) is 11.6 Å². The zero-order chi connectivity index (χ0) is 16.2. The van der Waals surface area contributed by atoms with E-state index in [1.54, 1.807) is 12.1 Å². The molecule has 5 heteroatoms. The molecule has 3 rings (SSSR count). The number of hydrogen-bond donors (Lipinski definition) is 0. The highest BCUT2D eigenvalue weighted by Gasteiger charge is 2.20. The van der Waals surface area contributed by atoms with Crippen LogP contribution in [0.15, 0.2) is 36.7 Å². The van der Waals surface area contributed by atoms with Crippen LogP contribution in [-0.4, -0.2) is 52.1 Å². The van der Waals surface area contributed by atoms with Crippen molar-refractivity contribution in [2.24, 2.45) is 7.05 Å². The van der Waals surface area contributed by atoms with E-state index in [4.69, 9.17) is 0 Å². The van der Waals surface area contributed by atoms with E-state index in [9.17, 15) is 4.39 Å². The number of nitrogens with zero attached hydrogens (tertiary/aromatic N) is 4. The average Bonchev–Trinajstić information content (AvgIpc) is 2.95. The average molecular weight is 316 g/mol. The highest BCUT2D eigenvalue weighted by atomic mass is 19.1. The van der Waals surface area contributed by atoms with Crippen LogP contribution in [0.1, 0.15) is 24.2 Å². The van der Waals surface area contributed by atoms with Crippen molar-refractivity contribution >= 4 is 0 Å². The summed E-state index contributed by atoms with van der Waals surface area (Å²) in [6.45, 7) is 8.47. The van der Waals surface area contributed by atoms with Crippen LogP contribution in [0.2, 0.25) is 0 Å². The normalized spacial score (nSPS) is 18.2. The van der Waals surface area contributed by atoms with E-state index in [0.29, 0.717) is 5.92 Å². The molecule has 2 heterocycles. The number of piperazine rings is 1. The molecule has 1 saturated heterocycles. The Morgan fingerprint density at radius 1 is 1.09 bits per heavy atom. The predicted molar refractivity (Wildman–Crippen MR) is 89.7 cm³/mol. The third kappa shape index (κ3) is 4.18. The second kappa shape index (κ2) is 7.23. The predicted octanol–water partition coefficient (Wildman–Crippen LogP) is 2.48. The molecule has 1 aromatic heterocycles. The summed E-state index contributed by atoms with van der Waals surface area (Å²) in [6, 6.07) is 6.90. The van der Waals surface area contributed by atoms with Crippen LogP contribution in [0.25, 0.3) is 0 Å². The molecule has 0 bridgehead atoms. The molecular weight excluding hydrogens is 291 g/mol. The third-order valence-corrected chi connectivity index (χ3v) is 4.72. The summed E-state index contributed by atoms with van der Waals surface area (Å²) in [5.74, 6) is 1.39. The molecule has 2 aromatic rings. The summed E-state index contributed by atoms with van der Waals surface area (Å²) in [4.78, 5) is 9.36. The van der Waals surface area contributed by atoms with Crippen molar-refractivity contribution < 1.29 is 4.39 Å². The van der Waals surface area contributed by atoms with Crippen molar-refractivity contribution in [1.29, 1.82) is 0 Å². The van der Waals surface area contributed by atoms with Gasteiger partial charge in [0.25, 0.3) is 0 Å². The topological polar surface area (TPSA) is 24.3 Å². The van der Waals surface area contributed by atoms with Gasteiger partial charge in [0.15, 0.2) is 0 Å². The maximum Gasteiger partial charge on any atom is 0.123 e. The van der Waals surface area contributed by atoms with Crippen molar-refractivity contribution in [2.75, 3.05) is 32.7 Å². The highest BCUT2D eigenvalue weighted by molar-refractivity contribution is 5.20. The number of halogens is 1. The van der Waals surface area contributed by atoms with Crippen LogP contribution in [0, 0.1) is 5.82 Å². The molecule has 0 spiro atoms. The quantitative estimate of drug-likeness (QED) is 0.847. The lowest BCUT2D eigenvalue weighted by atomic mass is 10.0. The van der Waals surface area contributed by atoms with Crippen LogP contribution in [0.3, 0.4) is 0 Å². The fourth-order valence-corrected chi connectivity index (χ4v) is 3.16. The lowest BCUT2D eigenvalue weighted by Crippen LogP contribution is -2.47. The number of imidazole rings is 1. The van der Waals surface area contributed by atoms with Crippen molar-refractivity contribution in [3.63, 3.8) is 0 Å². The van der Waals surface area contributed by atoms with Crippen LogP contribution in [0.5, 0.6) is 0 Å². The van der Waals surface area contributed by atoms with Crippen molar-refractivity contribution in [1.82, 2.24) is 19.4 Å². The zero-order valence-electron chi connectivity index (χ0n) is 14.0. The summed E-state index contributed by atoms with van der Waals surface area (Å²) in [7, 11) is 2.04. The molecular formula is C18H25FN4. The monoisotopic (exact) mass is 316 g/mol. The molecule has 1 aromatic carbocycles. The molecule has 1 atom stereocenters. The van der Waals surface area contributed by atoms with Gasteiger partial charge in [-0.25, -0.2) is 9.37 Å². The molecule has 1 aliphatic heterocycles. The van der Waals surface area contributed by atoms with Crippen molar-refractivity contribution in [3.8, 4) is 0 Å². The zero-order valence-corrected chi connectivity index (χ0v) is 14.0. The summed E-state index contributed by atoms with van der Waals surface area (Å²) >= 11 is 0. The Bertz CT molecular complexity index is 614. The number of aryl methyl sites for hydroxylation is 1. The second-order valence-corrected chi connectivity index (χ2v) is 6.48. The molecule has 1 fully saturated rings. The molecule has 1 aliphatic rings. The van der Waals surface area contributed by atoms with Gasteiger partial charge < -0.3 is 9.47 Å². The fraction of sp³-hybridized carbons (Fsp3) is 0.500. The summed E-state index contributed by atoms with van der Waals surface area (Å²) in [5, 5.41) is 0. The molecule has 23 heavy (non-hydrogen) atoms. The van der Waals surface area contributed by atoms with Gasteiger partial charge in [-0.3, -0.25) is 4.90 Å². The van der Waals surface area contributed by atoms with Gasteiger partial charge in [-0.15, -0.1) is 0 Å². The highest BCUT2D eigenvalue weighted by Crippen LogP contribution is 2.18. The first-order valence-corrected chi connectivity index (χ1v) is 8.28. The number of rotatable bonds is 5. The van der Waals surface area contributed by atoms with E-state index < -0.39 is 0 Å². The first kappa shape index (κ1) is 16.1. The molecule has 0 N–H and O–H groups in total. The molecule has 0 radical (unpaired) electrons. The van der Waals surface area contributed by atoms with E-state index in [-0.39, 0.29) is 5.82 Å². The number of benzene rings is 1. The van der Waals surface area contributed by atoms with Gasteiger partial charge in [-0.2, -0.15) is 0 Å². The Balaban J connectivity index is 1.47. The standard InChI is InChI=1S/C18H25FN4/c1-15(16-3-5-17(19)6-4-16)13-22-9-11-23(12-10-22)14-18-20-7-8-21(18)2/h3-8,15H,9-14H2,1-2H3/t15-/m1/s1. The second-order valence-electron chi connectivity index (χ2n) is 6.48. The molecule has 0 saturated carbocycles. The van der Waals surface area contributed by atoms with Crippen LogP contribution in [0.4, 0.5) is 4.39 Å². The van der Waals surface area contributed by atoms with E-state index in [1.165, 1.54) is 5.56 Å². The third-order valence-electron chi connectivity index (χ3n) is 4.72. The Morgan fingerprint density at radius 3 is 2.35 bits per heavy atom. The summed E-state index contributed by atoms with van der Waals surface area (Å²) in [5.41, 5.74) is 1.21. The minimum atomic E-state index is -0.163. The number of aromatic nitrogens is 2. The van der Waals surface area contributed by atoms with Gasteiger partial charge in [-0.1, -0.05) is 19.1 Å². The van der Waals surface area contributed by atoms with Crippen molar-refractivity contribution in [3.05, 3.63) is 53.9 Å². The molecule has 124 valence electrons. The van der Waals surface area contributed by atoms with Gasteiger partial charge >= 0.3 is 0 Å². The van der Waals surface area contributed by atoms with E-state index in [0.717, 1.165) is 45.1 Å². The van der Waals surface area contributed by atoms with Crippen molar-refractivity contribution in [2.45, 2.75) is 19.4 Å². The van der Waals surface area contributed by atoms with Gasteiger partial charge in [-0.05, 0) is 23.6 Å².